The molecule has 0 spiro atoms. The summed E-state index contributed by atoms with van der Waals surface area (Å²) in [6.45, 7) is 3.49. The zero-order valence-electron chi connectivity index (χ0n) is 13.7. The molecule has 1 amide bonds. The van der Waals surface area contributed by atoms with Crippen LogP contribution in [0.3, 0.4) is 0 Å². The van der Waals surface area contributed by atoms with Crippen molar-refractivity contribution in [2.45, 2.75) is 25.3 Å². The van der Waals surface area contributed by atoms with Crippen LogP contribution in [0.25, 0.3) is 0 Å². The number of furan rings is 1. The fraction of sp³-hybridized carbons (Fsp3) is 0.250. The Kier molecular flexibility index (Phi) is 5.60. The molecule has 8 nitrogen and oxygen atoms in total. The molecule has 0 unspecified atom stereocenters. The van der Waals surface area contributed by atoms with Gasteiger partial charge in [-0.2, -0.15) is 0 Å². The van der Waals surface area contributed by atoms with Crippen molar-refractivity contribution in [1.29, 1.82) is 0 Å². The molecule has 134 valence electrons. The van der Waals surface area contributed by atoms with Gasteiger partial charge in [0, 0.05) is 12.1 Å². The average molecular weight is 366 g/mol. The van der Waals surface area contributed by atoms with Gasteiger partial charge in [0.1, 0.15) is 17.1 Å². The van der Waals surface area contributed by atoms with Gasteiger partial charge in [0.25, 0.3) is 5.91 Å². The molecule has 2 rings (SSSR count). The van der Waals surface area contributed by atoms with E-state index in [9.17, 15) is 18.0 Å². The second kappa shape index (κ2) is 7.49. The highest BCUT2D eigenvalue weighted by Gasteiger charge is 2.16. The van der Waals surface area contributed by atoms with Crippen LogP contribution in [0.5, 0.6) is 0 Å². The molecule has 3 N–H and O–H groups in total. The Balaban J connectivity index is 2.04. The van der Waals surface area contributed by atoms with Crippen molar-refractivity contribution in [3.05, 3.63) is 53.0 Å². The number of hydrogen-bond acceptors (Lipinski definition) is 5. The number of aromatic carboxylic acids is 1. The third-order valence-electron chi connectivity index (χ3n) is 3.38. The second-order valence-electron chi connectivity index (χ2n) is 5.20. The van der Waals surface area contributed by atoms with Crippen LogP contribution in [-0.2, 0) is 16.6 Å². The van der Waals surface area contributed by atoms with Crippen molar-refractivity contribution in [3.8, 4) is 0 Å². The SMILES string of the molecule is CCNS(=O)(=O)c1ccc(C(=O)NCc2cc(C(=O)O)c(C)o2)cc1. The third kappa shape index (κ3) is 4.46. The molecule has 0 aliphatic carbocycles. The van der Waals surface area contributed by atoms with E-state index in [-0.39, 0.29) is 34.9 Å². The van der Waals surface area contributed by atoms with Gasteiger partial charge in [-0.25, -0.2) is 17.9 Å². The predicted octanol–water partition coefficient (Wildman–Crippen LogP) is 1.51. The molecule has 0 atom stereocenters. The fourth-order valence-corrected chi connectivity index (χ4v) is 3.21. The van der Waals surface area contributed by atoms with Crippen LogP contribution in [0.2, 0.25) is 0 Å². The summed E-state index contributed by atoms with van der Waals surface area (Å²) in [6.07, 6.45) is 0. The number of nitrogens with one attached hydrogen (secondary N) is 2. The number of amides is 1. The van der Waals surface area contributed by atoms with Gasteiger partial charge >= 0.3 is 5.97 Å². The number of hydrogen-bond donors (Lipinski definition) is 3. The minimum absolute atomic E-state index is 0.0182. The van der Waals surface area contributed by atoms with E-state index >= 15 is 0 Å². The van der Waals surface area contributed by atoms with Gasteiger partial charge in [-0.1, -0.05) is 6.92 Å². The lowest BCUT2D eigenvalue weighted by molar-refractivity contribution is 0.0694. The number of carboxylic acid groups (broad SMARTS) is 1. The number of sulfonamides is 1. The van der Waals surface area contributed by atoms with Crippen LogP contribution in [0.1, 0.15) is 39.2 Å². The molecule has 0 aliphatic heterocycles. The van der Waals surface area contributed by atoms with Gasteiger partial charge in [0.2, 0.25) is 10.0 Å². The van der Waals surface area contributed by atoms with Crippen LogP contribution in [-0.4, -0.2) is 31.9 Å². The van der Waals surface area contributed by atoms with Crippen molar-refractivity contribution in [1.82, 2.24) is 10.0 Å². The van der Waals surface area contributed by atoms with Gasteiger partial charge in [0.15, 0.2) is 0 Å². The average Bonchev–Trinajstić information content (AvgIpc) is 2.94. The molecule has 25 heavy (non-hydrogen) atoms. The summed E-state index contributed by atoms with van der Waals surface area (Å²) in [4.78, 5) is 23.1. The Morgan fingerprint density at radius 1 is 1.20 bits per heavy atom. The Bertz CT molecular complexity index is 884. The topological polar surface area (TPSA) is 126 Å². The second-order valence-corrected chi connectivity index (χ2v) is 6.96. The molecule has 1 heterocycles. The van der Waals surface area contributed by atoms with E-state index in [1.807, 2.05) is 0 Å². The molecule has 0 bridgehead atoms. The highest BCUT2D eigenvalue weighted by Crippen LogP contribution is 2.15. The molecule has 0 fully saturated rings. The van der Waals surface area contributed by atoms with Crippen molar-refractivity contribution < 1.29 is 27.5 Å². The minimum atomic E-state index is -3.57. The number of aryl methyl sites for hydroxylation is 1. The van der Waals surface area contributed by atoms with E-state index in [0.717, 1.165) is 0 Å². The van der Waals surface area contributed by atoms with Crippen LogP contribution in [0, 0.1) is 6.92 Å². The summed E-state index contributed by atoms with van der Waals surface area (Å²) in [5.41, 5.74) is 0.319. The van der Waals surface area contributed by atoms with E-state index in [1.165, 1.54) is 37.3 Å². The molecular formula is C16H18N2O6S. The number of rotatable bonds is 7. The maximum atomic E-state index is 12.1. The Hall–Kier alpha value is -2.65. The van der Waals surface area contributed by atoms with Crippen LogP contribution >= 0.6 is 0 Å². The first-order chi connectivity index (χ1) is 11.7. The smallest absolute Gasteiger partial charge is 0.339 e. The fourth-order valence-electron chi connectivity index (χ4n) is 2.17. The van der Waals surface area contributed by atoms with Crippen molar-refractivity contribution in [3.63, 3.8) is 0 Å². The van der Waals surface area contributed by atoms with Gasteiger partial charge in [-0.05, 0) is 37.3 Å². The van der Waals surface area contributed by atoms with Gasteiger partial charge in [-0.15, -0.1) is 0 Å². The van der Waals surface area contributed by atoms with Crippen LogP contribution in [0.4, 0.5) is 0 Å². The quantitative estimate of drug-likeness (QED) is 0.682. The first kappa shape index (κ1) is 18.7. The number of carbonyl (C=O) groups is 2. The molecule has 1 aromatic heterocycles. The predicted molar refractivity (Wildman–Crippen MR) is 88.9 cm³/mol. The lowest BCUT2D eigenvalue weighted by Gasteiger charge is -2.06. The van der Waals surface area contributed by atoms with E-state index in [1.54, 1.807) is 6.92 Å². The zero-order valence-corrected chi connectivity index (χ0v) is 14.5. The van der Waals surface area contributed by atoms with Crippen molar-refractivity contribution in [2.75, 3.05) is 6.54 Å². The van der Waals surface area contributed by atoms with Gasteiger partial charge in [0.05, 0.1) is 11.4 Å². The molecule has 9 heteroatoms. The molecular weight excluding hydrogens is 348 g/mol. The van der Waals surface area contributed by atoms with Crippen molar-refractivity contribution in [2.24, 2.45) is 0 Å². The first-order valence-corrected chi connectivity index (χ1v) is 8.93. The Morgan fingerprint density at radius 2 is 1.84 bits per heavy atom. The molecule has 2 aromatic rings. The summed E-state index contributed by atoms with van der Waals surface area (Å²) in [7, 11) is -3.57. The number of benzene rings is 1. The van der Waals surface area contributed by atoms with E-state index in [2.05, 4.69) is 10.0 Å². The minimum Gasteiger partial charge on any atom is -0.478 e. The van der Waals surface area contributed by atoms with Crippen LogP contribution in [0.15, 0.2) is 39.6 Å². The summed E-state index contributed by atoms with van der Waals surface area (Å²) in [5.74, 6) is -0.959. The number of carbonyl (C=O) groups excluding carboxylic acids is 1. The Morgan fingerprint density at radius 3 is 2.36 bits per heavy atom. The first-order valence-electron chi connectivity index (χ1n) is 7.45. The molecule has 1 aromatic carbocycles. The van der Waals surface area contributed by atoms with Crippen molar-refractivity contribution >= 4 is 21.9 Å². The third-order valence-corrected chi connectivity index (χ3v) is 4.95. The maximum Gasteiger partial charge on any atom is 0.339 e. The standard InChI is InChI=1S/C16H18N2O6S/c1-3-18-25(22,23)13-6-4-11(5-7-13)15(19)17-9-12-8-14(16(20)21)10(2)24-12/h4-8,18H,3,9H2,1-2H3,(H,17,19)(H,20,21). The summed E-state index contributed by atoms with van der Waals surface area (Å²) < 4.78 is 31.3. The molecule has 0 saturated heterocycles. The monoisotopic (exact) mass is 366 g/mol. The lowest BCUT2D eigenvalue weighted by atomic mass is 10.2. The van der Waals surface area contributed by atoms with Gasteiger partial charge < -0.3 is 14.8 Å². The van der Waals surface area contributed by atoms with E-state index in [0.29, 0.717) is 5.76 Å². The zero-order chi connectivity index (χ0) is 18.6. The number of carboxylic acids is 1. The largest absolute Gasteiger partial charge is 0.478 e. The summed E-state index contributed by atoms with van der Waals surface area (Å²) in [5, 5.41) is 11.6. The normalized spacial score (nSPS) is 11.3. The Labute approximate surface area is 144 Å². The van der Waals surface area contributed by atoms with E-state index < -0.39 is 21.9 Å². The molecule has 0 radical (unpaired) electrons. The van der Waals surface area contributed by atoms with E-state index in [4.69, 9.17) is 9.52 Å². The highest BCUT2D eigenvalue weighted by atomic mass is 32.2. The molecule has 0 aliphatic rings. The summed E-state index contributed by atoms with van der Waals surface area (Å²) >= 11 is 0. The molecule has 0 saturated carbocycles. The summed E-state index contributed by atoms with van der Waals surface area (Å²) in [6, 6.07) is 6.83. The van der Waals surface area contributed by atoms with Crippen LogP contribution < -0.4 is 10.0 Å². The lowest BCUT2D eigenvalue weighted by Crippen LogP contribution is -2.24. The highest BCUT2D eigenvalue weighted by molar-refractivity contribution is 7.89. The van der Waals surface area contributed by atoms with Gasteiger partial charge in [-0.3, -0.25) is 4.79 Å². The maximum absolute atomic E-state index is 12.1.